The highest BCUT2D eigenvalue weighted by atomic mass is 35.5. The summed E-state index contributed by atoms with van der Waals surface area (Å²) in [7, 11) is 0. The van der Waals surface area contributed by atoms with Gasteiger partial charge in [0.1, 0.15) is 0 Å². The molecule has 5 heteroatoms. The lowest BCUT2D eigenvalue weighted by Crippen LogP contribution is -2.27. The van der Waals surface area contributed by atoms with E-state index in [0.29, 0.717) is 17.6 Å². The average molecular weight is 272 g/mol. The Balaban J connectivity index is 2.73. The predicted octanol–water partition coefficient (Wildman–Crippen LogP) is 2.89. The molecule has 1 heterocycles. The molecule has 0 radical (unpaired) electrons. The van der Waals surface area contributed by atoms with Crippen LogP contribution < -0.4 is 10.9 Å². The topological polar surface area (TPSA) is 46.9 Å². The first-order valence-corrected chi connectivity index (χ1v) is 7.00. The zero-order valence-corrected chi connectivity index (χ0v) is 12.1. The molecular weight excluding hydrogens is 250 g/mol. The van der Waals surface area contributed by atoms with Crippen molar-refractivity contribution in [2.24, 2.45) is 5.92 Å². The van der Waals surface area contributed by atoms with Crippen LogP contribution >= 0.6 is 11.6 Å². The summed E-state index contributed by atoms with van der Waals surface area (Å²) < 4.78 is 1.68. The molecule has 4 nitrogen and oxygen atoms in total. The molecule has 102 valence electrons. The Morgan fingerprint density at radius 3 is 2.78 bits per heavy atom. The van der Waals surface area contributed by atoms with Crippen LogP contribution in [0.1, 0.15) is 39.7 Å². The van der Waals surface area contributed by atoms with Crippen molar-refractivity contribution < 1.29 is 0 Å². The van der Waals surface area contributed by atoms with Gasteiger partial charge in [0.15, 0.2) is 5.82 Å². The van der Waals surface area contributed by atoms with E-state index in [0.717, 1.165) is 19.4 Å². The third kappa shape index (κ3) is 4.02. The maximum Gasteiger partial charge on any atom is 0.293 e. The van der Waals surface area contributed by atoms with E-state index in [1.807, 2.05) is 13.8 Å². The van der Waals surface area contributed by atoms with Crippen LogP contribution in [0.3, 0.4) is 0 Å². The van der Waals surface area contributed by atoms with Crippen molar-refractivity contribution in [2.45, 2.75) is 39.7 Å². The summed E-state index contributed by atoms with van der Waals surface area (Å²) in [5, 5.41) is 3.14. The second-order valence-corrected chi connectivity index (χ2v) is 5.09. The maximum absolute atomic E-state index is 12.1. The fraction of sp³-hybridized carbons (Fsp3) is 0.692. The normalized spacial score (nSPS) is 12.7. The van der Waals surface area contributed by atoms with Crippen molar-refractivity contribution in [3.8, 4) is 0 Å². The molecule has 1 unspecified atom stereocenters. The van der Waals surface area contributed by atoms with Crippen molar-refractivity contribution in [2.75, 3.05) is 17.7 Å². The molecule has 1 atom stereocenters. The molecule has 0 fully saturated rings. The highest BCUT2D eigenvalue weighted by Crippen LogP contribution is 2.10. The second-order valence-electron chi connectivity index (χ2n) is 4.71. The van der Waals surface area contributed by atoms with Crippen LogP contribution in [0.25, 0.3) is 0 Å². The number of nitrogens with zero attached hydrogens (tertiary/aromatic N) is 2. The average Bonchev–Trinajstić information content (AvgIpc) is 2.35. The smallest absolute Gasteiger partial charge is 0.293 e. The van der Waals surface area contributed by atoms with E-state index in [4.69, 9.17) is 11.6 Å². The molecule has 0 aromatic carbocycles. The van der Waals surface area contributed by atoms with Gasteiger partial charge in [-0.1, -0.05) is 13.3 Å². The van der Waals surface area contributed by atoms with Crippen LogP contribution in [-0.4, -0.2) is 22.0 Å². The zero-order valence-electron chi connectivity index (χ0n) is 11.3. The number of halogens is 1. The molecule has 0 aliphatic rings. The van der Waals surface area contributed by atoms with Crippen molar-refractivity contribution in [1.29, 1.82) is 0 Å². The van der Waals surface area contributed by atoms with Crippen molar-refractivity contribution in [3.63, 3.8) is 0 Å². The number of hydrogen-bond acceptors (Lipinski definition) is 3. The Bertz CT molecular complexity index is 417. The van der Waals surface area contributed by atoms with E-state index in [1.165, 1.54) is 0 Å². The molecule has 0 bridgehead atoms. The van der Waals surface area contributed by atoms with E-state index >= 15 is 0 Å². The van der Waals surface area contributed by atoms with E-state index in [1.54, 1.807) is 17.0 Å². The minimum Gasteiger partial charge on any atom is -0.365 e. The summed E-state index contributed by atoms with van der Waals surface area (Å²) in [6.07, 6.45) is 5.38. The number of anilines is 1. The Morgan fingerprint density at radius 2 is 2.22 bits per heavy atom. The first-order chi connectivity index (χ1) is 8.60. The molecule has 0 aliphatic carbocycles. The highest BCUT2D eigenvalue weighted by Gasteiger charge is 2.10. The van der Waals surface area contributed by atoms with Gasteiger partial charge in [-0.05, 0) is 26.2 Å². The molecule has 1 aromatic heterocycles. The Morgan fingerprint density at radius 1 is 1.50 bits per heavy atom. The fourth-order valence-corrected chi connectivity index (χ4v) is 2.11. The van der Waals surface area contributed by atoms with E-state index < -0.39 is 0 Å². The lowest BCUT2D eigenvalue weighted by atomic mass is 10.0. The van der Waals surface area contributed by atoms with Gasteiger partial charge in [-0.2, -0.15) is 0 Å². The molecule has 18 heavy (non-hydrogen) atoms. The van der Waals surface area contributed by atoms with Gasteiger partial charge < -0.3 is 9.88 Å². The fourth-order valence-electron chi connectivity index (χ4n) is 1.80. The summed E-state index contributed by atoms with van der Waals surface area (Å²) >= 11 is 5.75. The molecule has 1 rings (SSSR count). The summed E-state index contributed by atoms with van der Waals surface area (Å²) in [6.45, 7) is 6.83. The number of aromatic nitrogens is 2. The van der Waals surface area contributed by atoms with Crippen molar-refractivity contribution in [3.05, 3.63) is 22.7 Å². The van der Waals surface area contributed by atoms with E-state index in [2.05, 4.69) is 17.2 Å². The lowest BCUT2D eigenvalue weighted by molar-refractivity contribution is 0.519. The summed E-state index contributed by atoms with van der Waals surface area (Å²) in [4.78, 5) is 16.2. The quantitative estimate of drug-likeness (QED) is 0.776. The van der Waals surface area contributed by atoms with Crippen LogP contribution in [0.5, 0.6) is 0 Å². The second kappa shape index (κ2) is 7.41. The molecule has 1 aromatic rings. The van der Waals surface area contributed by atoms with E-state index in [-0.39, 0.29) is 11.6 Å². The first-order valence-electron chi connectivity index (χ1n) is 6.47. The van der Waals surface area contributed by atoms with Gasteiger partial charge in [0.05, 0.1) is 0 Å². The molecule has 0 saturated heterocycles. The van der Waals surface area contributed by atoms with Crippen LogP contribution in [-0.2, 0) is 0 Å². The molecule has 0 aliphatic heterocycles. The molecular formula is C13H22ClN3O. The van der Waals surface area contributed by atoms with Crippen molar-refractivity contribution in [1.82, 2.24) is 9.55 Å². The summed E-state index contributed by atoms with van der Waals surface area (Å²) in [6, 6.07) is 0.144. The first kappa shape index (κ1) is 15.0. The Hall–Kier alpha value is -1.03. The number of rotatable bonds is 7. The third-order valence-electron chi connectivity index (χ3n) is 3.08. The minimum absolute atomic E-state index is 0.0618. The van der Waals surface area contributed by atoms with Gasteiger partial charge in [0.2, 0.25) is 0 Å². The Kier molecular flexibility index (Phi) is 6.19. The van der Waals surface area contributed by atoms with Gasteiger partial charge in [0.25, 0.3) is 5.56 Å². The molecule has 0 saturated carbocycles. The predicted molar refractivity (Wildman–Crippen MR) is 76.5 cm³/mol. The molecule has 0 spiro atoms. The summed E-state index contributed by atoms with van der Waals surface area (Å²) in [5.74, 6) is 1.56. The van der Waals surface area contributed by atoms with Crippen LogP contribution in [0.15, 0.2) is 17.2 Å². The van der Waals surface area contributed by atoms with E-state index in [9.17, 15) is 4.79 Å². The molecule has 1 N–H and O–H groups in total. The van der Waals surface area contributed by atoms with Crippen LogP contribution in [0, 0.1) is 5.92 Å². The van der Waals surface area contributed by atoms with Gasteiger partial charge in [-0.15, -0.1) is 11.6 Å². The third-order valence-corrected chi connectivity index (χ3v) is 3.30. The number of hydrogen-bond donors (Lipinski definition) is 1. The number of alkyl halides is 1. The van der Waals surface area contributed by atoms with Gasteiger partial charge in [-0.3, -0.25) is 4.79 Å². The minimum atomic E-state index is -0.0618. The summed E-state index contributed by atoms with van der Waals surface area (Å²) in [5.41, 5.74) is -0.0618. The monoisotopic (exact) mass is 271 g/mol. The van der Waals surface area contributed by atoms with Crippen LogP contribution in [0.4, 0.5) is 5.82 Å². The Labute approximate surface area is 113 Å². The number of nitrogens with one attached hydrogen (secondary N) is 1. The SMILES string of the molecule is CCC(CCCl)CNc1nccn(C(C)C)c1=O. The van der Waals surface area contributed by atoms with Crippen molar-refractivity contribution >= 4 is 17.4 Å². The van der Waals surface area contributed by atoms with Gasteiger partial charge in [-0.25, -0.2) is 4.98 Å². The largest absolute Gasteiger partial charge is 0.365 e. The van der Waals surface area contributed by atoms with Crippen LogP contribution in [0.2, 0.25) is 0 Å². The standard InChI is InChI=1S/C13H22ClN3O/c1-4-11(5-6-14)9-16-12-13(18)17(10(2)3)8-7-15-12/h7-8,10-11H,4-6,9H2,1-3H3,(H,15,16). The van der Waals surface area contributed by atoms with Gasteiger partial charge in [0, 0.05) is 30.9 Å². The molecule has 0 amide bonds. The highest BCUT2D eigenvalue weighted by molar-refractivity contribution is 6.17. The lowest BCUT2D eigenvalue weighted by Gasteiger charge is -2.15. The zero-order chi connectivity index (χ0) is 13.5. The maximum atomic E-state index is 12.1. The van der Waals surface area contributed by atoms with Gasteiger partial charge >= 0.3 is 0 Å².